The second kappa shape index (κ2) is 5.40. The van der Waals surface area contributed by atoms with Crippen LogP contribution in [0.1, 0.15) is 12.5 Å². The standard InChI is InChI=1S/C11H14O3/c1-9(13)8-14-11-4-2-10(3-5-11)6-7-12/h2-5,12H,6-8H2,1H3. The Kier molecular flexibility index (Phi) is 4.13. The molecule has 0 unspecified atom stereocenters. The third-order valence-corrected chi connectivity index (χ3v) is 1.77. The number of aliphatic hydroxyl groups is 1. The Bertz CT molecular complexity index is 290. The van der Waals surface area contributed by atoms with Crippen LogP contribution in [0.3, 0.4) is 0 Å². The molecule has 76 valence electrons. The molecule has 0 amide bonds. The third kappa shape index (κ3) is 3.58. The van der Waals surface area contributed by atoms with Gasteiger partial charge in [-0.2, -0.15) is 0 Å². The fourth-order valence-electron chi connectivity index (χ4n) is 1.07. The molecular formula is C11H14O3. The van der Waals surface area contributed by atoms with Crippen molar-refractivity contribution in [2.45, 2.75) is 13.3 Å². The van der Waals surface area contributed by atoms with Crippen molar-refractivity contribution < 1.29 is 14.6 Å². The van der Waals surface area contributed by atoms with Crippen molar-refractivity contribution in [3.8, 4) is 5.75 Å². The topological polar surface area (TPSA) is 46.5 Å². The van der Waals surface area contributed by atoms with Gasteiger partial charge < -0.3 is 9.84 Å². The molecule has 1 N–H and O–H groups in total. The fourth-order valence-corrected chi connectivity index (χ4v) is 1.07. The molecule has 1 rings (SSSR count). The monoisotopic (exact) mass is 194 g/mol. The maximum absolute atomic E-state index is 10.6. The van der Waals surface area contributed by atoms with Crippen LogP contribution in [0, 0.1) is 0 Å². The van der Waals surface area contributed by atoms with Crippen LogP contribution < -0.4 is 4.74 Å². The lowest BCUT2D eigenvalue weighted by Crippen LogP contribution is -2.06. The summed E-state index contributed by atoms with van der Waals surface area (Å²) in [5, 5.41) is 8.69. The molecule has 1 aromatic carbocycles. The highest BCUT2D eigenvalue weighted by molar-refractivity contribution is 5.77. The Hall–Kier alpha value is -1.35. The van der Waals surface area contributed by atoms with Crippen LogP contribution in [-0.4, -0.2) is 24.1 Å². The van der Waals surface area contributed by atoms with Gasteiger partial charge >= 0.3 is 0 Å². The quantitative estimate of drug-likeness (QED) is 0.765. The number of carbonyl (C=O) groups excluding carboxylic acids is 1. The Morgan fingerprint density at radius 1 is 1.36 bits per heavy atom. The minimum Gasteiger partial charge on any atom is -0.486 e. The summed E-state index contributed by atoms with van der Waals surface area (Å²) in [7, 11) is 0. The van der Waals surface area contributed by atoms with Crippen molar-refractivity contribution in [1.29, 1.82) is 0 Å². The molecule has 0 aliphatic heterocycles. The van der Waals surface area contributed by atoms with Crippen LogP contribution >= 0.6 is 0 Å². The van der Waals surface area contributed by atoms with E-state index in [4.69, 9.17) is 9.84 Å². The molecule has 3 nitrogen and oxygen atoms in total. The van der Waals surface area contributed by atoms with E-state index < -0.39 is 0 Å². The molecule has 0 aliphatic rings. The molecule has 0 aromatic heterocycles. The highest BCUT2D eigenvalue weighted by Gasteiger charge is 1.97. The van der Waals surface area contributed by atoms with Gasteiger partial charge in [-0.15, -0.1) is 0 Å². The Balaban J connectivity index is 2.50. The first kappa shape index (κ1) is 10.7. The summed E-state index contributed by atoms with van der Waals surface area (Å²) >= 11 is 0. The highest BCUT2D eigenvalue weighted by atomic mass is 16.5. The van der Waals surface area contributed by atoms with Gasteiger partial charge in [-0.3, -0.25) is 4.79 Å². The predicted molar refractivity (Wildman–Crippen MR) is 53.4 cm³/mol. The van der Waals surface area contributed by atoms with E-state index in [1.807, 2.05) is 12.1 Å². The molecule has 0 heterocycles. The van der Waals surface area contributed by atoms with E-state index in [0.717, 1.165) is 5.56 Å². The number of benzene rings is 1. The van der Waals surface area contributed by atoms with E-state index in [1.165, 1.54) is 6.92 Å². The Morgan fingerprint density at radius 2 is 2.00 bits per heavy atom. The van der Waals surface area contributed by atoms with Crippen molar-refractivity contribution >= 4 is 5.78 Å². The van der Waals surface area contributed by atoms with E-state index >= 15 is 0 Å². The molecule has 0 fully saturated rings. The summed E-state index contributed by atoms with van der Waals surface area (Å²) < 4.78 is 5.19. The highest BCUT2D eigenvalue weighted by Crippen LogP contribution is 2.12. The second-order valence-electron chi connectivity index (χ2n) is 3.11. The Labute approximate surface area is 83.3 Å². The Morgan fingerprint density at radius 3 is 2.50 bits per heavy atom. The summed E-state index contributed by atoms with van der Waals surface area (Å²) in [4.78, 5) is 10.6. The number of ketones is 1. The van der Waals surface area contributed by atoms with Crippen molar-refractivity contribution in [1.82, 2.24) is 0 Å². The van der Waals surface area contributed by atoms with E-state index in [2.05, 4.69) is 0 Å². The van der Waals surface area contributed by atoms with Crippen LogP contribution in [0.4, 0.5) is 0 Å². The summed E-state index contributed by atoms with van der Waals surface area (Å²) in [5.74, 6) is 0.686. The molecule has 0 atom stereocenters. The average molecular weight is 194 g/mol. The number of ether oxygens (including phenoxy) is 1. The first-order chi connectivity index (χ1) is 6.72. The van der Waals surface area contributed by atoms with Gasteiger partial charge in [0.25, 0.3) is 0 Å². The van der Waals surface area contributed by atoms with E-state index in [-0.39, 0.29) is 19.0 Å². The predicted octanol–water partition coefficient (Wildman–Crippen LogP) is 1.19. The zero-order valence-corrected chi connectivity index (χ0v) is 8.19. The largest absolute Gasteiger partial charge is 0.486 e. The van der Waals surface area contributed by atoms with E-state index in [1.54, 1.807) is 12.1 Å². The van der Waals surface area contributed by atoms with Gasteiger partial charge in [0.15, 0.2) is 5.78 Å². The lowest BCUT2D eigenvalue weighted by Gasteiger charge is -2.04. The minimum absolute atomic E-state index is 0.00411. The van der Waals surface area contributed by atoms with Crippen LogP contribution in [0.15, 0.2) is 24.3 Å². The lowest BCUT2D eigenvalue weighted by molar-refractivity contribution is -0.118. The number of carbonyl (C=O) groups is 1. The zero-order valence-electron chi connectivity index (χ0n) is 8.19. The maximum Gasteiger partial charge on any atom is 0.167 e. The molecular weight excluding hydrogens is 180 g/mol. The van der Waals surface area contributed by atoms with Gasteiger partial charge in [-0.05, 0) is 31.0 Å². The third-order valence-electron chi connectivity index (χ3n) is 1.77. The SMILES string of the molecule is CC(=O)COc1ccc(CCO)cc1. The number of aliphatic hydroxyl groups excluding tert-OH is 1. The molecule has 0 spiro atoms. The van der Waals surface area contributed by atoms with Gasteiger partial charge in [0.1, 0.15) is 12.4 Å². The summed E-state index contributed by atoms with van der Waals surface area (Å²) in [6, 6.07) is 7.36. The number of Topliss-reactive ketones (excluding diaryl/α,β-unsaturated/α-hetero) is 1. The molecule has 14 heavy (non-hydrogen) atoms. The van der Waals surface area contributed by atoms with Crippen LogP contribution in [0.25, 0.3) is 0 Å². The summed E-state index contributed by atoms with van der Waals surface area (Å²) in [6.07, 6.45) is 0.646. The molecule has 0 saturated heterocycles. The summed E-state index contributed by atoms with van der Waals surface area (Å²) in [6.45, 7) is 1.74. The van der Waals surface area contributed by atoms with Gasteiger partial charge in [0, 0.05) is 6.61 Å². The first-order valence-corrected chi connectivity index (χ1v) is 4.54. The van der Waals surface area contributed by atoms with E-state index in [0.29, 0.717) is 12.2 Å². The van der Waals surface area contributed by atoms with Crippen LogP contribution in [0.2, 0.25) is 0 Å². The van der Waals surface area contributed by atoms with Crippen LogP contribution in [0.5, 0.6) is 5.75 Å². The lowest BCUT2D eigenvalue weighted by atomic mass is 10.1. The fraction of sp³-hybridized carbons (Fsp3) is 0.364. The van der Waals surface area contributed by atoms with E-state index in [9.17, 15) is 4.79 Å². The van der Waals surface area contributed by atoms with Gasteiger partial charge in [0.2, 0.25) is 0 Å². The molecule has 1 aromatic rings. The average Bonchev–Trinajstić information content (AvgIpc) is 2.17. The number of rotatable bonds is 5. The summed E-state index contributed by atoms with van der Waals surface area (Å²) in [5.41, 5.74) is 1.06. The molecule has 0 radical (unpaired) electrons. The first-order valence-electron chi connectivity index (χ1n) is 4.54. The van der Waals surface area contributed by atoms with Gasteiger partial charge in [-0.1, -0.05) is 12.1 Å². The normalized spacial score (nSPS) is 9.86. The zero-order chi connectivity index (χ0) is 10.4. The van der Waals surface area contributed by atoms with Crippen molar-refractivity contribution in [2.24, 2.45) is 0 Å². The minimum atomic E-state index is 0.00411. The molecule has 3 heteroatoms. The van der Waals surface area contributed by atoms with Crippen molar-refractivity contribution in [3.05, 3.63) is 29.8 Å². The van der Waals surface area contributed by atoms with Crippen LogP contribution in [-0.2, 0) is 11.2 Å². The molecule has 0 saturated carbocycles. The van der Waals surface area contributed by atoms with Crippen molar-refractivity contribution in [2.75, 3.05) is 13.2 Å². The molecule has 0 bridgehead atoms. The number of hydrogen-bond donors (Lipinski definition) is 1. The van der Waals surface area contributed by atoms with Gasteiger partial charge in [-0.25, -0.2) is 0 Å². The number of hydrogen-bond acceptors (Lipinski definition) is 3. The smallest absolute Gasteiger partial charge is 0.167 e. The van der Waals surface area contributed by atoms with Crippen molar-refractivity contribution in [3.63, 3.8) is 0 Å². The maximum atomic E-state index is 10.6. The van der Waals surface area contributed by atoms with Gasteiger partial charge in [0.05, 0.1) is 0 Å². The molecule has 0 aliphatic carbocycles. The second-order valence-corrected chi connectivity index (χ2v) is 3.11.